The van der Waals surface area contributed by atoms with Gasteiger partial charge in [-0.15, -0.1) is 0 Å². The van der Waals surface area contributed by atoms with Crippen molar-refractivity contribution in [1.82, 2.24) is 30.6 Å². The van der Waals surface area contributed by atoms with Crippen molar-refractivity contribution in [2.45, 2.75) is 39.2 Å². The van der Waals surface area contributed by atoms with Crippen molar-refractivity contribution >= 4 is 0 Å². The first-order valence-electron chi connectivity index (χ1n) is 6.25. The van der Waals surface area contributed by atoms with Crippen LogP contribution in [0.25, 0.3) is 11.6 Å². The van der Waals surface area contributed by atoms with E-state index in [4.69, 9.17) is 4.52 Å². The highest BCUT2D eigenvalue weighted by molar-refractivity contribution is 5.39. The number of aromatic nitrogens is 5. The van der Waals surface area contributed by atoms with Gasteiger partial charge < -0.3 is 9.84 Å². The molecule has 0 bridgehead atoms. The second-order valence-corrected chi connectivity index (χ2v) is 4.09. The number of nitrogens with one attached hydrogen (secondary N) is 2. The van der Waals surface area contributed by atoms with Crippen LogP contribution < -0.4 is 5.32 Å². The Bertz CT molecular complexity index is 446. The fourth-order valence-corrected chi connectivity index (χ4v) is 1.87. The summed E-state index contributed by atoms with van der Waals surface area (Å²) in [5, 5.41) is 13.8. The number of hydrogen-bond acceptors (Lipinski definition) is 6. The Balaban J connectivity index is 2.01. The lowest BCUT2D eigenvalue weighted by Gasteiger charge is -2.14. The van der Waals surface area contributed by atoms with Gasteiger partial charge in [-0.05, 0) is 13.0 Å². The Morgan fingerprint density at radius 3 is 3.00 bits per heavy atom. The molecular formula is C11H18N6O. The van der Waals surface area contributed by atoms with Gasteiger partial charge in [-0.1, -0.05) is 25.4 Å². The van der Waals surface area contributed by atoms with E-state index in [0.29, 0.717) is 23.6 Å². The molecule has 0 amide bonds. The molecule has 2 aromatic heterocycles. The molecule has 2 aromatic rings. The predicted molar refractivity (Wildman–Crippen MR) is 65.8 cm³/mol. The SMILES string of the molecule is CCCC(Cc1nc(-c2ncn[nH]2)no1)NCC. The topological polar surface area (TPSA) is 92.5 Å². The van der Waals surface area contributed by atoms with Gasteiger partial charge >= 0.3 is 0 Å². The molecule has 0 aliphatic rings. The van der Waals surface area contributed by atoms with Gasteiger partial charge in [0, 0.05) is 12.5 Å². The van der Waals surface area contributed by atoms with Crippen LogP contribution in [0.3, 0.4) is 0 Å². The standard InChI is InChI=1S/C11H18N6O/c1-3-5-8(12-4-2)6-9-15-11(17-18-9)10-13-7-14-16-10/h7-8,12H,3-6H2,1-2H3,(H,13,14,16). The monoisotopic (exact) mass is 250 g/mol. The number of likely N-dealkylation sites (N-methyl/N-ethyl adjacent to an activating group) is 1. The molecule has 2 rings (SSSR count). The van der Waals surface area contributed by atoms with Gasteiger partial charge in [0.05, 0.1) is 0 Å². The van der Waals surface area contributed by atoms with E-state index in [0.717, 1.165) is 25.8 Å². The Labute approximate surface area is 105 Å². The third-order valence-electron chi connectivity index (χ3n) is 2.65. The summed E-state index contributed by atoms with van der Waals surface area (Å²) in [5.74, 6) is 1.61. The molecule has 0 aromatic carbocycles. The van der Waals surface area contributed by atoms with Crippen molar-refractivity contribution in [3.05, 3.63) is 12.2 Å². The van der Waals surface area contributed by atoms with Crippen LogP contribution in [0.1, 0.15) is 32.6 Å². The molecule has 7 heteroatoms. The number of hydrogen-bond donors (Lipinski definition) is 2. The molecule has 0 radical (unpaired) electrons. The van der Waals surface area contributed by atoms with Crippen LogP contribution >= 0.6 is 0 Å². The average Bonchev–Trinajstić information content (AvgIpc) is 2.98. The fraction of sp³-hybridized carbons (Fsp3) is 0.636. The summed E-state index contributed by atoms with van der Waals surface area (Å²) >= 11 is 0. The normalized spacial score (nSPS) is 12.8. The molecule has 1 unspecified atom stereocenters. The maximum absolute atomic E-state index is 5.22. The van der Waals surface area contributed by atoms with E-state index in [2.05, 4.69) is 44.5 Å². The van der Waals surface area contributed by atoms with Crippen LogP contribution in [0.15, 0.2) is 10.9 Å². The van der Waals surface area contributed by atoms with E-state index < -0.39 is 0 Å². The third kappa shape index (κ3) is 3.13. The van der Waals surface area contributed by atoms with Crippen molar-refractivity contribution in [3.63, 3.8) is 0 Å². The summed E-state index contributed by atoms with van der Waals surface area (Å²) in [4.78, 5) is 8.29. The lowest BCUT2D eigenvalue weighted by Crippen LogP contribution is -2.30. The van der Waals surface area contributed by atoms with Crippen LogP contribution in [0.2, 0.25) is 0 Å². The van der Waals surface area contributed by atoms with Gasteiger partial charge in [-0.3, -0.25) is 5.10 Å². The molecule has 98 valence electrons. The van der Waals surface area contributed by atoms with Crippen LogP contribution in [-0.4, -0.2) is 37.9 Å². The smallest absolute Gasteiger partial charge is 0.239 e. The maximum atomic E-state index is 5.22. The zero-order valence-electron chi connectivity index (χ0n) is 10.7. The minimum absolute atomic E-state index is 0.378. The van der Waals surface area contributed by atoms with Crippen molar-refractivity contribution in [1.29, 1.82) is 0 Å². The highest BCUT2D eigenvalue weighted by Crippen LogP contribution is 2.11. The van der Waals surface area contributed by atoms with Crippen molar-refractivity contribution < 1.29 is 4.52 Å². The number of nitrogens with zero attached hydrogens (tertiary/aromatic N) is 4. The summed E-state index contributed by atoms with van der Waals surface area (Å²) in [5.41, 5.74) is 0. The van der Waals surface area contributed by atoms with Gasteiger partial charge in [-0.2, -0.15) is 10.1 Å². The molecule has 1 atom stereocenters. The summed E-state index contributed by atoms with van der Waals surface area (Å²) in [6, 6.07) is 0.378. The van der Waals surface area contributed by atoms with Crippen molar-refractivity contribution in [2.24, 2.45) is 0 Å². The first-order valence-corrected chi connectivity index (χ1v) is 6.25. The van der Waals surface area contributed by atoms with Gasteiger partial charge in [0.15, 0.2) is 5.82 Å². The molecule has 0 saturated carbocycles. The van der Waals surface area contributed by atoms with E-state index in [1.165, 1.54) is 6.33 Å². The summed E-state index contributed by atoms with van der Waals surface area (Å²) in [7, 11) is 0. The lowest BCUT2D eigenvalue weighted by atomic mass is 10.1. The molecule has 0 aliphatic heterocycles. The minimum Gasteiger partial charge on any atom is -0.339 e. The highest BCUT2D eigenvalue weighted by atomic mass is 16.5. The van der Waals surface area contributed by atoms with Gasteiger partial charge in [0.1, 0.15) is 6.33 Å². The van der Waals surface area contributed by atoms with E-state index in [1.807, 2.05) is 0 Å². The second-order valence-electron chi connectivity index (χ2n) is 4.09. The van der Waals surface area contributed by atoms with Gasteiger partial charge in [0.25, 0.3) is 0 Å². The van der Waals surface area contributed by atoms with Crippen LogP contribution in [0, 0.1) is 0 Å². The number of rotatable bonds is 7. The molecule has 2 heterocycles. The van der Waals surface area contributed by atoms with Crippen LogP contribution in [-0.2, 0) is 6.42 Å². The minimum atomic E-state index is 0.378. The van der Waals surface area contributed by atoms with E-state index in [1.54, 1.807) is 0 Å². The van der Waals surface area contributed by atoms with Crippen molar-refractivity contribution in [2.75, 3.05) is 6.54 Å². The molecule has 0 aliphatic carbocycles. The Morgan fingerprint density at radius 1 is 1.44 bits per heavy atom. The van der Waals surface area contributed by atoms with Crippen LogP contribution in [0.5, 0.6) is 0 Å². The van der Waals surface area contributed by atoms with Crippen molar-refractivity contribution in [3.8, 4) is 11.6 Å². The summed E-state index contributed by atoms with van der Waals surface area (Å²) < 4.78 is 5.22. The van der Waals surface area contributed by atoms with E-state index in [9.17, 15) is 0 Å². The highest BCUT2D eigenvalue weighted by Gasteiger charge is 2.15. The first-order chi connectivity index (χ1) is 8.83. The zero-order valence-corrected chi connectivity index (χ0v) is 10.7. The fourth-order valence-electron chi connectivity index (χ4n) is 1.87. The Kier molecular flexibility index (Phi) is 4.40. The molecule has 7 nitrogen and oxygen atoms in total. The number of H-pyrrole nitrogens is 1. The van der Waals surface area contributed by atoms with Gasteiger partial charge in [-0.25, -0.2) is 4.98 Å². The summed E-state index contributed by atoms with van der Waals surface area (Å²) in [6.07, 6.45) is 4.38. The Hall–Kier alpha value is -1.76. The van der Waals surface area contributed by atoms with Crippen LogP contribution in [0.4, 0.5) is 0 Å². The largest absolute Gasteiger partial charge is 0.339 e. The number of aromatic amines is 1. The third-order valence-corrected chi connectivity index (χ3v) is 2.65. The zero-order chi connectivity index (χ0) is 12.8. The average molecular weight is 250 g/mol. The maximum Gasteiger partial charge on any atom is 0.239 e. The quantitative estimate of drug-likeness (QED) is 0.766. The van der Waals surface area contributed by atoms with Gasteiger partial charge in [0.2, 0.25) is 11.7 Å². The first kappa shape index (κ1) is 12.7. The van der Waals surface area contributed by atoms with E-state index >= 15 is 0 Å². The molecule has 18 heavy (non-hydrogen) atoms. The lowest BCUT2D eigenvalue weighted by molar-refractivity contribution is 0.352. The van der Waals surface area contributed by atoms with E-state index in [-0.39, 0.29) is 0 Å². The molecular weight excluding hydrogens is 232 g/mol. The second kappa shape index (κ2) is 6.25. The molecule has 0 saturated heterocycles. The molecule has 0 spiro atoms. The summed E-state index contributed by atoms with van der Waals surface area (Å²) in [6.45, 7) is 5.20. The molecule has 2 N–H and O–H groups in total. The Morgan fingerprint density at radius 2 is 2.33 bits per heavy atom. The predicted octanol–water partition coefficient (Wildman–Crippen LogP) is 1.18. The molecule has 0 fully saturated rings.